The third-order valence-electron chi connectivity index (χ3n) is 5.11. The molecule has 0 aliphatic rings. The second-order valence-corrected chi connectivity index (χ2v) is 7.21. The first-order valence-electron chi connectivity index (χ1n) is 9.69. The number of fused-ring (bicyclic) bond motifs is 1. The van der Waals surface area contributed by atoms with Gasteiger partial charge in [-0.1, -0.05) is 60.7 Å². The molecule has 0 N–H and O–H groups in total. The summed E-state index contributed by atoms with van der Waals surface area (Å²) in [6.45, 7) is 4.45. The van der Waals surface area contributed by atoms with Crippen molar-refractivity contribution in [3.63, 3.8) is 0 Å². The molecule has 0 fully saturated rings. The van der Waals surface area contributed by atoms with E-state index in [1.807, 2.05) is 12.1 Å². The maximum absolute atomic E-state index is 5.34. The average Bonchev–Trinajstić information content (AvgIpc) is 2.74. The summed E-state index contributed by atoms with van der Waals surface area (Å²) in [7, 11) is 1.70. The van der Waals surface area contributed by atoms with Crippen LogP contribution in [0.2, 0.25) is 0 Å². The highest BCUT2D eigenvalue weighted by Crippen LogP contribution is 2.39. The van der Waals surface area contributed by atoms with E-state index in [4.69, 9.17) is 4.74 Å². The highest BCUT2D eigenvalue weighted by Gasteiger charge is 2.18. The fraction of sp³-hybridized carbons (Fsp3) is 0.154. The van der Waals surface area contributed by atoms with Crippen molar-refractivity contribution in [1.29, 1.82) is 0 Å². The number of hydrogen-bond acceptors (Lipinski definition) is 2. The van der Waals surface area contributed by atoms with Crippen LogP contribution in [-0.2, 0) is 0 Å². The van der Waals surface area contributed by atoms with Gasteiger partial charge in [0.15, 0.2) is 0 Å². The first-order chi connectivity index (χ1) is 13.7. The van der Waals surface area contributed by atoms with Crippen molar-refractivity contribution in [3.8, 4) is 16.9 Å². The summed E-state index contributed by atoms with van der Waals surface area (Å²) in [5.74, 6) is 0.870. The molecule has 0 unspecified atom stereocenters. The lowest BCUT2D eigenvalue weighted by molar-refractivity contribution is 0.415. The van der Waals surface area contributed by atoms with Gasteiger partial charge in [0, 0.05) is 23.0 Å². The molecule has 2 nitrogen and oxygen atoms in total. The van der Waals surface area contributed by atoms with Crippen molar-refractivity contribution < 1.29 is 4.74 Å². The van der Waals surface area contributed by atoms with Crippen molar-refractivity contribution >= 4 is 22.1 Å². The highest BCUT2D eigenvalue weighted by molar-refractivity contribution is 6.00. The zero-order valence-electron chi connectivity index (χ0n) is 16.6. The van der Waals surface area contributed by atoms with Crippen LogP contribution >= 0.6 is 0 Å². The van der Waals surface area contributed by atoms with Crippen LogP contribution in [0.5, 0.6) is 5.75 Å². The summed E-state index contributed by atoms with van der Waals surface area (Å²) in [6.07, 6.45) is 0. The molecule has 2 heteroatoms. The van der Waals surface area contributed by atoms with E-state index in [0.29, 0.717) is 6.04 Å². The van der Waals surface area contributed by atoms with E-state index in [1.165, 1.54) is 27.6 Å². The van der Waals surface area contributed by atoms with Gasteiger partial charge >= 0.3 is 0 Å². The van der Waals surface area contributed by atoms with E-state index in [2.05, 4.69) is 97.6 Å². The van der Waals surface area contributed by atoms with Crippen LogP contribution < -0.4 is 9.64 Å². The Balaban J connectivity index is 1.90. The molecule has 28 heavy (non-hydrogen) atoms. The molecule has 140 valence electrons. The molecule has 4 aromatic rings. The van der Waals surface area contributed by atoms with E-state index in [1.54, 1.807) is 7.11 Å². The number of rotatable bonds is 5. The third kappa shape index (κ3) is 3.34. The predicted molar refractivity (Wildman–Crippen MR) is 120 cm³/mol. The molecule has 4 aromatic carbocycles. The van der Waals surface area contributed by atoms with E-state index < -0.39 is 0 Å². The van der Waals surface area contributed by atoms with E-state index in [9.17, 15) is 0 Å². The van der Waals surface area contributed by atoms with Gasteiger partial charge in [-0.25, -0.2) is 0 Å². The molecule has 0 aromatic heterocycles. The smallest absolute Gasteiger partial charge is 0.119 e. The Bertz CT molecular complexity index is 1080. The van der Waals surface area contributed by atoms with Crippen molar-refractivity contribution in [1.82, 2.24) is 0 Å². The summed E-state index contributed by atoms with van der Waals surface area (Å²) < 4.78 is 5.34. The second kappa shape index (κ2) is 7.77. The molecule has 4 rings (SSSR count). The van der Waals surface area contributed by atoms with Crippen molar-refractivity contribution in [2.75, 3.05) is 12.0 Å². The molecule has 0 aliphatic carbocycles. The van der Waals surface area contributed by atoms with Gasteiger partial charge in [0.2, 0.25) is 0 Å². The van der Waals surface area contributed by atoms with E-state index in [-0.39, 0.29) is 0 Å². The van der Waals surface area contributed by atoms with Gasteiger partial charge < -0.3 is 9.64 Å². The monoisotopic (exact) mass is 367 g/mol. The predicted octanol–water partition coefficient (Wildman–Crippen LogP) is 7.06. The molecule has 0 saturated carbocycles. The van der Waals surface area contributed by atoms with Gasteiger partial charge in [-0.15, -0.1) is 0 Å². The van der Waals surface area contributed by atoms with Crippen LogP contribution in [0, 0.1) is 0 Å². The largest absolute Gasteiger partial charge is 0.497 e. The lowest BCUT2D eigenvalue weighted by Crippen LogP contribution is -2.25. The fourth-order valence-corrected chi connectivity index (χ4v) is 3.83. The van der Waals surface area contributed by atoms with Gasteiger partial charge in [0.05, 0.1) is 7.11 Å². The van der Waals surface area contributed by atoms with Crippen molar-refractivity contribution in [2.24, 2.45) is 0 Å². The minimum absolute atomic E-state index is 0.310. The topological polar surface area (TPSA) is 12.5 Å². The summed E-state index contributed by atoms with van der Waals surface area (Å²) in [5.41, 5.74) is 4.86. The Morgan fingerprint density at radius 3 is 2.07 bits per heavy atom. The maximum atomic E-state index is 5.34. The van der Waals surface area contributed by atoms with E-state index >= 15 is 0 Å². The zero-order chi connectivity index (χ0) is 19.5. The summed E-state index contributed by atoms with van der Waals surface area (Å²) >= 11 is 0. The third-order valence-corrected chi connectivity index (χ3v) is 5.11. The molecule has 0 spiro atoms. The van der Waals surface area contributed by atoms with Gasteiger partial charge in [-0.2, -0.15) is 0 Å². The highest BCUT2D eigenvalue weighted by atomic mass is 16.5. The van der Waals surface area contributed by atoms with Crippen LogP contribution in [-0.4, -0.2) is 13.2 Å². The number of benzene rings is 4. The lowest BCUT2D eigenvalue weighted by atomic mass is 9.96. The normalized spacial score (nSPS) is 11.0. The number of ether oxygens (including phenoxy) is 1. The Hall–Kier alpha value is -3.26. The molecular weight excluding hydrogens is 342 g/mol. The first kappa shape index (κ1) is 18.1. The van der Waals surface area contributed by atoms with Crippen LogP contribution in [0.15, 0.2) is 91.0 Å². The van der Waals surface area contributed by atoms with Crippen LogP contribution in [0.3, 0.4) is 0 Å². The molecule has 0 atom stereocenters. The number of hydrogen-bond donors (Lipinski definition) is 0. The zero-order valence-corrected chi connectivity index (χ0v) is 16.6. The summed E-state index contributed by atoms with van der Waals surface area (Å²) in [6, 6.07) is 32.4. The SMILES string of the molecule is COc1ccc(N(c2ccccc2-c2cccc3ccccc23)C(C)C)cc1. The number of anilines is 2. The Labute approximate surface area is 167 Å². The molecule has 0 saturated heterocycles. The molecule has 0 aliphatic heterocycles. The fourth-order valence-electron chi connectivity index (χ4n) is 3.83. The maximum Gasteiger partial charge on any atom is 0.119 e. The molecule has 0 bridgehead atoms. The van der Waals surface area contributed by atoms with E-state index in [0.717, 1.165) is 11.4 Å². The van der Waals surface area contributed by atoms with Gasteiger partial charge in [0.1, 0.15) is 5.75 Å². The second-order valence-electron chi connectivity index (χ2n) is 7.21. The van der Waals surface area contributed by atoms with Crippen LogP contribution in [0.4, 0.5) is 11.4 Å². The molecular formula is C26H25NO. The Kier molecular flexibility index (Phi) is 5.03. The van der Waals surface area contributed by atoms with Gasteiger partial charge in [-0.3, -0.25) is 0 Å². The van der Waals surface area contributed by atoms with Crippen LogP contribution in [0.1, 0.15) is 13.8 Å². The molecule has 0 heterocycles. The van der Waals surface area contributed by atoms with Crippen LogP contribution in [0.25, 0.3) is 21.9 Å². The lowest BCUT2D eigenvalue weighted by Gasteiger charge is -2.31. The van der Waals surface area contributed by atoms with Crippen molar-refractivity contribution in [2.45, 2.75) is 19.9 Å². The quantitative estimate of drug-likeness (QED) is 0.374. The minimum Gasteiger partial charge on any atom is -0.497 e. The Morgan fingerprint density at radius 1 is 0.679 bits per heavy atom. The molecule has 0 radical (unpaired) electrons. The first-order valence-corrected chi connectivity index (χ1v) is 9.69. The number of para-hydroxylation sites is 1. The molecule has 0 amide bonds. The standard InChI is InChI=1S/C26H25NO/c1-19(2)27(21-15-17-22(28-3)18-16-21)26-14-7-6-12-25(26)24-13-8-10-20-9-4-5-11-23(20)24/h4-19H,1-3H3. The van der Waals surface area contributed by atoms with Crippen molar-refractivity contribution in [3.05, 3.63) is 91.0 Å². The number of methoxy groups -OCH3 is 1. The minimum atomic E-state index is 0.310. The average molecular weight is 367 g/mol. The summed E-state index contributed by atoms with van der Waals surface area (Å²) in [5, 5.41) is 2.53. The Morgan fingerprint density at radius 2 is 1.32 bits per heavy atom. The number of nitrogens with zero attached hydrogens (tertiary/aromatic N) is 1. The summed E-state index contributed by atoms with van der Waals surface area (Å²) in [4.78, 5) is 2.39. The van der Waals surface area contributed by atoms with Gasteiger partial charge in [0.25, 0.3) is 0 Å². The van der Waals surface area contributed by atoms with Gasteiger partial charge in [-0.05, 0) is 60.5 Å².